The predicted molar refractivity (Wildman–Crippen MR) is 61.4 cm³/mol. The molecule has 0 aromatic heterocycles. The maximum atomic E-state index is 3.80. The summed E-state index contributed by atoms with van der Waals surface area (Å²) in [6.07, 6.45) is 11.7. The van der Waals surface area contributed by atoms with Gasteiger partial charge in [-0.3, -0.25) is 0 Å². The SMILES string of the molecule is CCCNC(C1CCCCC1)C1CC1. The van der Waals surface area contributed by atoms with Gasteiger partial charge in [0.15, 0.2) is 0 Å². The van der Waals surface area contributed by atoms with Gasteiger partial charge < -0.3 is 5.32 Å². The molecule has 2 fully saturated rings. The van der Waals surface area contributed by atoms with Crippen molar-refractivity contribution in [2.24, 2.45) is 11.8 Å². The molecule has 2 rings (SSSR count). The normalized spacial score (nSPS) is 26.4. The van der Waals surface area contributed by atoms with Gasteiger partial charge in [0.2, 0.25) is 0 Å². The van der Waals surface area contributed by atoms with E-state index < -0.39 is 0 Å². The summed E-state index contributed by atoms with van der Waals surface area (Å²) in [5, 5.41) is 3.80. The monoisotopic (exact) mass is 195 g/mol. The molecular formula is C13H25N. The van der Waals surface area contributed by atoms with Crippen molar-refractivity contribution in [1.29, 1.82) is 0 Å². The maximum absolute atomic E-state index is 3.80. The molecule has 1 N–H and O–H groups in total. The van der Waals surface area contributed by atoms with Crippen molar-refractivity contribution in [1.82, 2.24) is 5.32 Å². The Balaban J connectivity index is 1.81. The fourth-order valence-electron chi connectivity index (χ4n) is 2.98. The fraction of sp³-hybridized carbons (Fsp3) is 1.00. The van der Waals surface area contributed by atoms with Crippen LogP contribution < -0.4 is 5.32 Å². The summed E-state index contributed by atoms with van der Waals surface area (Å²) in [6, 6.07) is 0.884. The zero-order valence-corrected chi connectivity index (χ0v) is 9.60. The van der Waals surface area contributed by atoms with Gasteiger partial charge in [-0.15, -0.1) is 0 Å². The Morgan fingerprint density at radius 1 is 1.00 bits per heavy atom. The second-order valence-electron chi connectivity index (χ2n) is 5.22. The Morgan fingerprint density at radius 3 is 2.21 bits per heavy atom. The third kappa shape index (κ3) is 2.73. The van der Waals surface area contributed by atoms with E-state index in [4.69, 9.17) is 0 Å². The van der Waals surface area contributed by atoms with Crippen LogP contribution in [0.2, 0.25) is 0 Å². The number of rotatable bonds is 5. The van der Waals surface area contributed by atoms with Gasteiger partial charge in [0, 0.05) is 6.04 Å². The average Bonchev–Trinajstić information content (AvgIpc) is 3.04. The average molecular weight is 195 g/mol. The first-order valence-electron chi connectivity index (χ1n) is 6.65. The van der Waals surface area contributed by atoms with E-state index in [-0.39, 0.29) is 0 Å². The maximum Gasteiger partial charge on any atom is 0.0124 e. The molecule has 0 spiro atoms. The highest BCUT2D eigenvalue weighted by atomic mass is 14.9. The van der Waals surface area contributed by atoms with Crippen LogP contribution in [0.15, 0.2) is 0 Å². The first-order valence-corrected chi connectivity index (χ1v) is 6.65. The molecule has 0 saturated heterocycles. The van der Waals surface area contributed by atoms with Crippen LogP contribution in [0.1, 0.15) is 58.3 Å². The smallest absolute Gasteiger partial charge is 0.0124 e. The van der Waals surface area contributed by atoms with E-state index in [2.05, 4.69) is 12.2 Å². The van der Waals surface area contributed by atoms with Crippen LogP contribution in [0.3, 0.4) is 0 Å². The lowest BCUT2D eigenvalue weighted by atomic mass is 9.82. The molecular weight excluding hydrogens is 170 g/mol. The van der Waals surface area contributed by atoms with Crippen LogP contribution in [-0.4, -0.2) is 12.6 Å². The lowest BCUT2D eigenvalue weighted by Crippen LogP contribution is -2.39. The second kappa shape index (κ2) is 5.16. The van der Waals surface area contributed by atoms with Crippen molar-refractivity contribution in [3.8, 4) is 0 Å². The quantitative estimate of drug-likeness (QED) is 0.709. The van der Waals surface area contributed by atoms with Gasteiger partial charge in [-0.25, -0.2) is 0 Å². The molecule has 1 heteroatoms. The zero-order valence-electron chi connectivity index (χ0n) is 9.60. The lowest BCUT2D eigenvalue weighted by Gasteiger charge is -2.31. The van der Waals surface area contributed by atoms with E-state index in [1.807, 2.05) is 0 Å². The molecule has 1 nitrogen and oxygen atoms in total. The van der Waals surface area contributed by atoms with Crippen molar-refractivity contribution in [2.75, 3.05) is 6.54 Å². The van der Waals surface area contributed by atoms with Crippen LogP contribution in [-0.2, 0) is 0 Å². The molecule has 0 radical (unpaired) electrons. The van der Waals surface area contributed by atoms with Crippen molar-refractivity contribution in [3.63, 3.8) is 0 Å². The van der Waals surface area contributed by atoms with E-state index in [0.29, 0.717) is 0 Å². The number of hydrogen-bond donors (Lipinski definition) is 1. The summed E-state index contributed by atoms with van der Waals surface area (Å²) < 4.78 is 0. The van der Waals surface area contributed by atoms with Crippen molar-refractivity contribution in [2.45, 2.75) is 64.3 Å². The van der Waals surface area contributed by atoms with E-state index in [1.165, 1.54) is 57.9 Å². The largest absolute Gasteiger partial charge is 0.313 e. The lowest BCUT2D eigenvalue weighted by molar-refractivity contribution is 0.248. The van der Waals surface area contributed by atoms with Gasteiger partial charge in [-0.1, -0.05) is 26.2 Å². The molecule has 1 atom stereocenters. The number of nitrogens with one attached hydrogen (secondary N) is 1. The van der Waals surface area contributed by atoms with Crippen molar-refractivity contribution >= 4 is 0 Å². The summed E-state index contributed by atoms with van der Waals surface area (Å²) in [5.74, 6) is 2.06. The first-order chi connectivity index (χ1) is 6.92. The summed E-state index contributed by atoms with van der Waals surface area (Å²) >= 11 is 0. The molecule has 0 amide bonds. The third-order valence-corrected chi connectivity index (χ3v) is 3.92. The Bertz CT molecular complexity index is 157. The van der Waals surface area contributed by atoms with Crippen LogP contribution in [0, 0.1) is 11.8 Å². The Hall–Kier alpha value is -0.0400. The molecule has 0 aliphatic heterocycles. The van der Waals surface area contributed by atoms with E-state index in [9.17, 15) is 0 Å². The summed E-state index contributed by atoms with van der Waals surface area (Å²) in [4.78, 5) is 0. The molecule has 0 aromatic carbocycles. The first kappa shape index (κ1) is 10.5. The molecule has 1 unspecified atom stereocenters. The number of hydrogen-bond acceptors (Lipinski definition) is 1. The molecule has 2 aliphatic rings. The molecule has 82 valence electrons. The van der Waals surface area contributed by atoms with Crippen molar-refractivity contribution < 1.29 is 0 Å². The minimum atomic E-state index is 0.884. The fourth-order valence-corrected chi connectivity index (χ4v) is 2.98. The molecule has 0 heterocycles. The highest BCUT2D eigenvalue weighted by Crippen LogP contribution is 2.40. The Labute approximate surface area is 88.7 Å². The van der Waals surface area contributed by atoms with Gasteiger partial charge in [0.05, 0.1) is 0 Å². The summed E-state index contributed by atoms with van der Waals surface area (Å²) in [5.41, 5.74) is 0. The second-order valence-corrected chi connectivity index (χ2v) is 5.22. The molecule has 2 aliphatic carbocycles. The molecule has 0 aromatic rings. The van der Waals surface area contributed by atoms with Gasteiger partial charge in [0.25, 0.3) is 0 Å². The van der Waals surface area contributed by atoms with Crippen LogP contribution >= 0.6 is 0 Å². The van der Waals surface area contributed by atoms with Gasteiger partial charge in [-0.2, -0.15) is 0 Å². The van der Waals surface area contributed by atoms with Gasteiger partial charge in [0.1, 0.15) is 0 Å². The minimum absolute atomic E-state index is 0.884. The molecule has 2 saturated carbocycles. The highest BCUT2D eigenvalue weighted by Gasteiger charge is 2.36. The Morgan fingerprint density at radius 2 is 1.64 bits per heavy atom. The Kier molecular flexibility index (Phi) is 3.86. The van der Waals surface area contributed by atoms with Crippen LogP contribution in [0.5, 0.6) is 0 Å². The zero-order chi connectivity index (χ0) is 9.80. The van der Waals surface area contributed by atoms with Gasteiger partial charge >= 0.3 is 0 Å². The van der Waals surface area contributed by atoms with E-state index in [1.54, 1.807) is 0 Å². The van der Waals surface area contributed by atoms with Gasteiger partial charge in [-0.05, 0) is 50.5 Å². The summed E-state index contributed by atoms with van der Waals surface area (Å²) in [7, 11) is 0. The van der Waals surface area contributed by atoms with Crippen LogP contribution in [0.25, 0.3) is 0 Å². The molecule has 14 heavy (non-hydrogen) atoms. The highest BCUT2D eigenvalue weighted by molar-refractivity contribution is 4.91. The molecule has 0 bridgehead atoms. The topological polar surface area (TPSA) is 12.0 Å². The van der Waals surface area contributed by atoms with Crippen molar-refractivity contribution in [3.05, 3.63) is 0 Å². The third-order valence-electron chi connectivity index (χ3n) is 3.92. The van der Waals surface area contributed by atoms with E-state index in [0.717, 1.165) is 17.9 Å². The van der Waals surface area contributed by atoms with E-state index >= 15 is 0 Å². The standard InChI is InChI=1S/C13H25N/c1-2-10-14-13(12-8-9-12)11-6-4-3-5-7-11/h11-14H,2-10H2,1H3. The predicted octanol–water partition coefficient (Wildman–Crippen LogP) is 3.34. The summed E-state index contributed by atoms with van der Waals surface area (Å²) in [6.45, 7) is 3.51. The van der Waals surface area contributed by atoms with Crippen LogP contribution in [0.4, 0.5) is 0 Å². The minimum Gasteiger partial charge on any atom is -0.313 e.